The smallest absolute Gasteiger partial charge is 0.352 e. The van der Waals surface area contributed by atoms with Crippen LogP contribution in [0.5, 0.6) is 0 Å². The van der Waals surface area contributed by atoms with Crippen molar-refractivity contribution in [1.82, 2.24) is 9.55 Å². The highest BCUT2D eigenvalue weighted by molar-refractivity contribution is 9.10. The molecule has 0 saturated heterocycles. The summed E-state index contributed by atoms with van der Waals surface area (Å²) in [6.07, 6.45) is 2.80. The van der Waals surface area contributed by atoms with Gasteiger partial charge in [0.05, 0.1) is 5.69 Å². The number of rotatable bonds is 5. The number of nitrogens with one attached hydrogen (secondary N) is 1. The summed E-state index contributed by atoms with van der Waals surface area (Å²) in [5.74, 6) is -1.18. The summed E-state index contributed by atoms with van der Waals surface area (Å²) < 4.78 is 28.7. The van der Waals surface area contributed by atoms with Crippen molar-refractivity contribution in [3.63, 3.8) is 0 Å². The molecule has 2 heterocycles. The number of carbonyl (C=O) groups is 1. The van der Waals surface area contributed by atoms with E-state index in [1.165, 1.54) is 17.0 Å². The van der Waals surface area contributed by atoms with Crippen molar-refractivity contribution in [2.45, 2.75) is 18.4 Å². The Labute approximate surface area is 129 Å². The molecule has 0 aliphatic heterocycles. The van der Waals surface area contributed by atoms with Gasteiger partial charge in [-0.15, -0.1) is 0 Å². The third kappa shape index (κ3) is 3.24. The van der Waals surface area contributed by atoms with Gasteiger partial charge in [-0.3, -0.25) is 4.72 Å². The molecule has 0 unspecified atom stereocenters. The third-order valence-electron chi connectivity index (χ3n) is 2.75. The molecule has 2 aromatic rings. The minimum atomic E-state index is -3.89. The van der Waals surface area contributed by atoms with Crippen LogP contribution in [0.3, 0.4) is 0 Å². The van der Waals surface area contributed by atoms with E-state index in [1.807, 2.05) is 0 Å². The monoisotopic (exact) mass is 373 g/mol. The first kappa shape index (κ1) is 15.5. The van der Waals surface area contributed by atoms with Gasteiger partial charge in [0, 0.05) is 18.9 Å². The zero-order valence-corrected chi connectivity index (χ0v) is 13.3. The zero-order valence-electron chi connectivity index (χ0n) is 10.9. The Hall–Kier alpha value is -1.87. The van der Waals surface area contributed by atoms with E-state index in [1.54, 1.807) is 19.1 Å². The Bertz CT molecular complexity index is 786. The number of sulfonamides is 1. The van der Waals surface area contributed by atoms with Crippen LogP contribution >= 0.6 is 15.9 Å². The molecule has 0 spiro atoms. The van der Waals surface area contributed by atoms with Crippen molar-refractivity contribution in [3.8, 4) is 0 Å². The molecule has 9 heteroatoms. The predicted molar refractivity (Wildman–Crippen MR) is 79.8 cm³/mol. The second kappa shape index (κ2) is 5.86. The van der Waals surface area contributed by atoms with Gasteiger partial charge in [-0.25, -0.2) is 18.2 Å². The van der Waals surface area contributed by atoms with Crippen molar-refractivity contribution >= 4 is 37.6 Å². The molecule has 0 bridgehead atoms. The van der Waals surface area contributed by atoms with Gasteiger partial charge in [0.1, 0.15) is 15.2 Å². The highest BCUT2D eigenvalue weighted by Gasteiger charge is 2.21. The lowest BCUT2D eigenvalue weighted by atomic mass is 10.4. The molecule has 0 radical (unpaired) electrons. The number of carboxylic acid groups (broad SMARTS) is 1. The van der Waals surface area contributed by atoms with E-state index in [2.05, 4.69) is 25.6 Å². The fourth-order valence-electron chi connectivity index (χ4n) is 1.74. The molecule has 0 atom stereocenters. The number of nitrogens with zero attached hydrogens (tertiary/aromatic N) is 2. The Kier molecular flexibility index (Phi) is 4.33. The van der Waals surface area contributed by atoms with E-state index in [0.717, 1.165) is 6.07 Å². The second-order valence-electron chi connectivity index (χ2n) is 4.10. The van der Waals surface area contributed by atoms with E-state index in [9.17, 15) is 13.2 Å². The first-order chi connectivity index (χ1) is 9.85. The van der Waals surface area contributed by atoms with Gasteiger partial charge in [0.2, 0.25) is 0 Å². The number of aromatic carboxylic acids is 1. The lowest BCUT2D eigenvalue weighted by Crippen LogP contribution is -2.13. The number of aromatic nitrogens is 2. The highest BCUT2D eigenvalue weighted by Crippen LogP contribution is 2.23. The van der Waals surface area contributed by atoms with Crippen molar-refractivity contribution in [2.75, 3.05) is 4.72 Å². The van der Waals surface area contributed by atoms with Crippen LogP contribution in [0, 0.1) is 0 Å². The molecule has 0 fully saturated rings. The molecule has 2 aromatic heterocycles. The molecule has 7 nitrogen and oxygen atoms in total. The van der Waals surface area contributed by atoms with Crippen LogP contribution in [0.25, 0.3) is 0 Å². The van der Waals surface area contributed by atoms with Crippen LogP contribution in [-0.4, -0.2) is 29.0 Å². The summed E-state index contributed by atoms with van der Waals surface area (Å²) >= 11 is 3.14. The molecule has 0 aliphatic carbocycles. The molecule has 2 N–H and O–H groups in total. The van der Waals surface area contributed by atoms with Crippen molar-refractivity contribution in [3.05, 3.63) is 40.9 Å². The summed E-state index contributed by atoms with van der Waals surface area (Å²) in [6.45, 7) is 2.09. The van der Waals surface area contributed by atoms with Crippen LogP contribution in [-0.2, 0) is 16.6 Å². The van der Waals surface area contributed by atoms with E-state index < -0.39 is 16.0 Å². The van der Waals surface area contributed by atoms with Crippen LogP contribution in [0.1, 0.15) is 17.4 Å². The predicted octanol–water partition coefficient (Wildman–Crippen LogP) is 2.16. The third-order valence-corrected chi connectivity index (χ3v) is 4.71. The quantitative estimate of drug-likeness (QED) is 0.781. The Morgan fingerprint density at radius 2 is 2.24 bits per heavy atom. The minimum absolute atomic E-state index is 0.0804. The SMILES string of the molecule is CCn1cc(S(=O)(=O)Nc2cccnc2Br)cc1C(=O)O. The molecule has 0 aromatic carbocycles. The maximum absolute atomic E-state index is 12.3. The maximum Gasteiger partial charge on any atom is 0.352 e. The highest BCUT2D eigenvalue weighted by atomic mass is 79.9. The molecule has 21 heavy (non-hydrogen) atoms. The van der Waals surface area contributed by atoms with E-state index in [4.69, 9.17) is 5.11 Å². The van der Waals surface area contributed by atoms with Crippen molar-refractivity contribution < 1.29 is 18.3 Å². The molecule has 112 valence electrons. The number of halogens is 1. The average Bonchev–Trinajstić information content (AvgIpc) is 2.86. The number of carboxylic acids is 1. The van der Waals surface area contributed by atoms with Gasteiger partial charge in [0.15, 0.2) is 0 Å². The van der Waals surface area contributed by atoms with Gasteiger partial charge >= 0.3 is 5.97 Å². The molecule has 0 saturated carbocycles. The van der Waals surface area contributed by atoms with E-state index in [0.29, 0.717) is 11.1 Å². The Morgan fingerprint density at radius 3 is 2.76 bits per heavy atom. The topological polar surface area (TPSA) is 101 Å². The number of hydrogen-bond donors (Lipinski definition) is 2. The van der Waals surface area contributed by atoms with Gasteiger partial charge in [0.25, 0.3) is 10.0 Å². The van der Waals surface area contributed by atoms with Crippen molar-refractivity contribution in [1.29, 1.82) is 0 Å². The number of anilines is 1. The number of hydrogen-bond acceptors (Lipinski definition) is 4. The standard InChI is InChI=1S/C12H12BrN3O4S/c1-2-16-7-8(6-10(16)12(17)18)21(19,20)15-9-4-3-5-14-11(9)13/h3-7,15H,2H2,1H3,(H,17,18). The fraction of sp³-hybridized carbons (Fsp3) is 0.167. The average molecular weight is 374 g/mol. The van der Waals surface area contributed by atoms with E-state index >= 15 is 0 Å². The zero-order chi connectivity index (χ0) is 15.6. The summed E-state index contributed by atoms with van der Waals surface area (Å²) in [5.41, 5.74) is 0.196. The minimum Gasteiger partial charge on any atom is -0.477 e. The molecule has 0 amide bonds. The van der Waals surface area contributed by atoms with Gasteiger partial charge < -0.3 is 9.67 Å². The second-order valence-corrected chi connectivity index (χ2v) is 6.53. The molecular formula is C12H12BrN3O4S. The van der Waals surface area contributed by atoms with E-state index in [-0.39, 0.29) is 16.3 Å². The van der Waals surface area contributed by atoms with Crippen LogP contribution in [0.4, 0.5) is 5.69 Å². The summed E-state index contributed by atoms with van der Waals surface area (Å²) in [5, 5.41) is 9.06. The first-order valence-electron chi connectivity index (χ1n) is 5.92. The molecule has 0 aliphatic rings. The van der Waals surface area contributed by atoms with Gasteiger partial charge in [-0.05, 0) is 41.1 Å². The summed E-state index contributed by atoms with van der Waals surface area (Å²) in [4.78, 5) is 14.9. The Morgan fingerprint density at radius 1 is 1.52 bits per heavy atom. The van der Waals surface area contributed by atoms with Crippen LogP contribution in [0.15, 0.2) is 40.1 Å². The lowest BCUT2D eigenvalue weighted by molar-refractivity contribution is 0.0685. The normalized spacial score (nSPS) is 11.3. The summed E-state index contributed by atoms with van der Waals surface area (Å²) in [7, 11) is -3.89. The number of aryl methyl sites for hydroxylation is 1. The first-order valence-corrected chi connectivity index (χ1v) is 8.19. The maximum atomic E-state index is 12.3. The summed E-state index contributed by atoms with van der Waals surface area (Å²) in [6, 6.07) is 4.25. The molecular weight excluding hydrogens is 362 g/mol. The lowest BCUT2D eigenvalue weighted by Gasteiger charge is -2.07. The largest absolute Gasteiger partial charge is 0.477 e. The number of pyridine rings is 1. The van der Waals surface area contributed by atoms with Crippen LogP contribution < -0.4 is 4.72 Å². The van der Waals surface area contributed by atoms with Crippen molar-refractivity contribution in [2.24, 2.45) is 0 Å². The molecule has 2 rings (SSSR count). The van der Waals surface area contributed by atoms with Gasteiger partial charge in [-0.2, -0.15) is 0 Å². The van der Waals surface area contributed by atoms with Crippen LogP contribution in [0.2, 0.25) is 0 Å². The Balaban J connectivity index is 2.41. The fourth-order valence-corrected chi connectivity index (χ4v) is 3.32. The van der Waals surface area contributed by atoms with Gasteiger partial charge in [-0.1, -0.05) is 0 Å².